The quantitative estimate of drug-likeness (QED) is 0.179. The first kappa shape index (κ1) is 55.4. The Bertz CT molecular complexity index is 2390. The van der Waals surface area contributed by atoms with E-state index in [2.05, 4.69) is 53.7 Å². The van der Waals surface area contributed by atoms with Crippen LogP contribution in [0.4, 0.5) is 52.7 Å². The second-order valence-corrected chi connectivity index (χ2v) is 27.4. The van der Waals surface area contributed by atoms with Gasteiger partial charge in [-0.25, -0.2) is 0 Å². The Morgan fingerprint density at radius 1 is 0.424 bits per heavy atom. The first-order valence-electron chi connectivity index (χ1n) is 20.9. The molecule has 0 aromatic heterocycles. The van der Waals surface area contributed by atoms with Crippen LogP contribution < -0.4 is 24.8 Å². The number of rotatable bonds is 4. The SMILES string of the molecule is CC(C)(C)c1cc2c(cc1C(C)(C)C)[CH]([Zr+2]([C]1=CC=CC1)=[C](c1cc(C(F)(F)F)cc(C(F)(F)F)c1)c1cc(C(F)(F)F)cc(C(F)(F)F)c1)c1cc(C(C)(C)C)c(C(C)(C)C)cc1-2.[Cl-].[Cl-]. The van der Waals surface area contributed by atoms with Crippen molar-refractivity contribution in [1.29, 1.82) is 0 Å². The number of hydrogen-bond donors (Lipinski definition) is 0. The molecule has 0 saturated heterocycles. The number of alkyl halides is 12. The van der Waals surface area contributed by atoms with Crippen molar-refractivity contribution in [1.82, 2.24) is 0 Å². The molecule has 15 heteroatoms. The Balaban J connectivity index is 0.00000476. The number of allylic oxidation sites excluding steroid dienone is 4. The van der Waals surface area contributed by atoms with E-state index >= 15 is 0 Å². The van der Waals surface area contributed by atoms with Crippen molar-refractivity contribution < 1.29 is 98.8 Å². The van der Waals surface area contributed by atoms with Crippen molar-refractivity contribution in [3.05, 3.63) is 149 Å². The molecule has 0 fully saturated rings. The van der Waals surface area contributed by atoms with Crippen molar-refractivity contribution in [2.24, 2.45) is 0 Å². The summed E-state index contributed by atoms with van der Waals surface area (Å²) >= 11 is -4.66. The molecule has 0 radical (unpaired) electrons. The van der Waals surface area contributed by atoms with Gasteiger partial charge in [0.15, 0.2) is 0 Å². The maximum absolute atomic E-state index is 14.7. The first-order chi connectivity index (χ1) is 28.8. The monoisotopic (exact) mass is 1050 g/mol. The van der Waals surface area contributed by atoms with Crippen molar-refractivity contribution in [3.63, 3.8) is 0 Å². The van der Waals surface area contributed by atoms with E-state index in [1.54, 1.807) is 18.2 Å². The molecular formula is C51H52Cl2F12Zr. The summed E-state index contributed by atoms with van der Waals surface area (Å²) in [5.41, 5.74) is -3.61. The van der Waals surface area contributed by atoms with Gasteiger partial charge in [0.1, 0.15) is 0 Å². The Hall–Kier alpha value is -3.15. The summed E-state index contributed by atoms with van der Waals surface area (Å²) in [5, 5.41) is 0. The maximum Gasteiger partial charge on any atom is -1.00 e. The maximum atomic E-state index is 14.7. The molecule has 0 saturated carbocycles. The van der Waals surface area contributed by atoms with Crippen LogP contribution in [-0.4, -0.2) is 3.21 Å². The normalized spacial score (nSPS) is 14.8. The van der Waals surface area contributed by atoms with Gasteiger partial charge in [-0.3, -0.25) is 0 Å². The molecule has 0 bridgehead atoms. The second-order valence-electron chi connectivity index (χ2n) is 21.1. The van der Waals surface area contributed by atoms with Crippen LogP contribution in [0, 0.1) is 0 Å². The molecule has 4 aromatic carbocycles. The molecule has 0 nitrogen and oxygen atoms in total. The Kier molecular flexibility index (Phi) is 15.1. The first-order valence-corrected chi connectivity index (χ1v) is 24.8. The van der Waals surface area contributed by atoms with Gasteiger partial charge in [-0.05, 0) is 0 Å². The molecule has 0 atom stereocenters. The summed E-state index contributed by atoms with van der Waals surface area (Å²) in [6.07, 6.45) is -16.2. The van der Waals surface area contributed by atoms with Gasteiger partial charge in [0.2, 0.25) is 0 Å². The van der Waals surface area contributed by atoms with E-state index in [0.29, 0.717) is 38.7 Å². The molecule has 2 aliphatic rings. The smallest absolute Gasteiger partial charge is 1.00 e. The third-order valence-electron chi connectivity index (χ3n) is 12.0. The van der Waals surface area contributed by atoms with E-state index in [-0.39, 0.29) is 46.6 Å². The van der Waals surface area contributed by atoms with Gasteiger partial charge < -0.3 is 24.8 Å². The van der Waals surface area contributed by atoms with Crippen LogP contribution in [0.2, 0.25) is 0 Å². The van der Waals surface area contributed by atoms with E-state index in [9.17, 15) is 52.7 Å². The summed E-state index contributed by atoms with van der Waals surface area (Å²) in [6, 6.07) is 9.84. The van der Waals surface area contributed by atoms with Crippen LogP contribution in [0.15, 0.2) is 82.2 Å². The number of fused-ring (bicyclic) bond motifs is 3. The topological polar surface area (TPSA) is 0 Å². The summed E-state index contributed by atoms with van der Waals surface area (Å²) in [4.78, 5) is 0. The largest absolute Gasteiger partial charge is 1.00 e. The van der Waals surface area contributed by atoms with Crippen LogP contribution in [-0.2, 0) is 67.6 Å². The Labute approximate surface area is 399 Å². The molecule has 0 aliphatic heterocycles. The molecule has 66 heavy (non-hydrogen) atoms. The fourth-order valence-corrected chi connectivity index (χ4v) is 17.8. The fourth-order valence-electron chi connectivity index (χ4n) is 8.95. The van der Waals surface area contributed by atoms with Crippen molar-refractivity contribution >= 4 is 3.21 Å². The number of hydrogen-bond acceptors (Lipinski definition) is 0. The standard InChI is InChI=1S/C29H41.C17H6F12.C5H5.2ClH.Zr/c1-26(2,3)22-14-18-13-19-15-23(27(4,5)6)25(29(10,11)12)17-21(19)20(18)16-24(22)28(7,8)9;18-14(19,20)10-2-8(3-11(6-10)15(21,22)23)1-9-4-12(16(24,25)26)7-13(5-9)17(27,28)29;1-2-4-5-3-1;;;/h13-17H,1-12H3;2-7H;1-3H,4H2;2*1H;/q;;;;;+2/p-2. The van der Waals surface area contributed by atoms with Gasteiger partial charge in [-0.1, -0.05) is 0 Å². The molecule has 0 amide bonds. The van der Waals surface area contributed by atoms with Gasteiger partial charge in [-0.2, -0.15) is 0 Å². The van der Waals surface area contributed by atoms with Crippen molar-refractivity contribution in [3.8, 4) is 11.1 Å². The Morgan fingerprint density at radius 2 is 0.712 bits per heavy atom. The summed E-state index contributed by atoms with van der Waals surface area (Å²) in [6.45, 7) is 24.4. The van der Waals surface area contributed by atoms with Crippen LogP contribution in [0.1, 0.15) is 160 Å². The van der Waals surface area contributed by atoms with Crippen LogP contribution >= 0.6 is 0 Å². The molecular weight excluding hydrogens is 1000 g/mol. The fraction of sp³-hybridized carbons (Fsp3) is 0.431. The zero-order valence-corrected chi connectivity index (χ0v) is 42.6. The molecule has 0 N–H and O–H groups in total. The molecule has 4 aromatic rings. The van der Waals surface area contributed by atoms with E-state index in [0.717, 1.165) is 33.4 Å². The van der Waals surface area contributed by atoms with Gasteiger partial charge in [0.25, 0.3) is 0 Å². The predicted molar refractivity (Wildman–Crippen MR) is 226 cm³/mol. The van der Waals surface area contributed by atoms with Gasteiger partial charge >= 0.3 is 377 Å². The number of benzene rings is 4. The molecule has 0 unspecified atom stereocenters. The van der Waals surface area contributed by atoms with E-state index in [1.165, 1.54) is 0 Å². The zero-order valence-electron chi connectivity index (χ0n) is 38.6. The second kappa shape index (κ2) is 18.0. The third-order valence-corrected chi connectivity index (χ3v) is 20.3. The van der Waals surface area contributed by atoms with E-state index in [1.807, 2.05) is 53.7 Å². The minimum Gasteiger partial charge on any atom is -1.00 e. The minimum absolute atomic E-state index is 0. The molecule has 6 rings (SSSR count). The average Bonchev–Trinajstić information content (AvgIpc) is 3.76. The van der Waals surface area contributed by atoms with Crippen molar-refractivity contribution in [2.75, 3.05) is 0 Å². The van der Waals surface area contributed by atoms with Crippen molar-refractivity contribution in [2.45, 2.75) is 139 Å². The van der Waals surface area contributed by atoms with Gasteiger partial charge in [-0.15, -0.1) is 0 Å². The molecule has 358 valence electrons. The zero-order chi connectivity index (χ0) is 48.3. The summed E-state index contributed by atoms with van der Waals surface area (Å²) in [5.74, 6) is 0. The average molecular weight is 1060 g/mol. The number of halogens is 14. The molecule has 0 heterocycles. The Morgan fingerprint density at radius 3 is 0.955 bits per heavy atom. The third kappa shape index (κ3) is 11.1. The summed E-state index contributed by atoms with van der Waals surface area (Å²) in [7, 11) is 0. The van der Waals surface area contributed by atoms with Crippen LogP contribution in [0.3, 0.4) is 0 Å². The summed E-state index contributed by atoms with van der Waals surface area (Å²) < 4.78 is 176. The molecule has 2 aliphatic carbocycles. The van der Waals surface area contributed by atoms with Gasteiger partial charge in [0.05, 0.1) is 0 Å². The predicted octanol–water partition coefficient (Wildman–Crippen LogP) is 10.8. The van der Waals surface area contributed by atoms with E-state index in [4.69, 9.17) is 0 Å². The van der Waals surface area contributed by atoms with Crippen LogP contribution in [0.25, 0.3) is 11.1 Å². The van der Waals surface area contributed by atoms with Crippen LogP contribution in [0.5, 0.6) is 0 Å². The molecule has 0 spiro atoms. The minimum atomic E-state index is -5.37. The van der Waals surface area contributed by atoms with Gasteiger partial charge in [0, 0.05) is 0 Å². The van der Waals surface area contributed by atoms with E-state index < -0.39 is 105 Å².